The van der Waals surface area contributed by atoms with E-state index in [1.54, 1.807) is 32.0 Å². The third-order valence-corrected chi connectivity index (χ3v) is 1.15. The number of ether oxygens (including phenoxy) is 1. The molecule has 0 saturated heterocycles. The molecule has 0 heterocycles. The van der Waals surface area contributed by atoms with Crippen molar-refractivity contribution < 1.29 is 9.53 Å². The minimum absolute atomic E-state index is 0.299. The van der Waals surface area contributed by atoms with Crippen LogP contribution in [0.4, 0.5) is 0 Å². The van der Waals surface area contributed by atoms with Gasteiger partial charge >= 0.3 is 5.97 Å². The number of likely N-dealkylation sites (N-methyl/N-ethyl adjacent to an activating group) is 1. The van der Waals surface area contributed by atoms with Crippen LogP contribution in [0.25, 0.3) is 0 Å². The number of nitrogens with zero attached hydrogens (tertiary/aromatic N) is 1. The number of hydrogen-bond acceptors (Lipinski definition) is 3. The van der Waals surface area contributed by atoms with Crippen LogP contribution in [0.15, 0.2) is 11.8 Å². The zero-order valence-corrected chi connectivity index (χ0v) is 6.84. The maximum absolute atomic E-state index is 10.9. The molecule has 0 saturated carbocycles. The molecule has 0 aliphatic carbocycles. The lowest BCUT2D eigenvalue weighted by Gasteiger charge is -2.13. The van der Waals surface area contributed by atoms with Gasteiger partial charge in [-0.05, 0) is 6.92 Å². The third-order valence-electron chi connectivity index (χ3n) is 1.15. The van der Waals surface area contributed by atoms with Gasteiger partial charge in [0.05, 0.1) is 7.11 Å². The lowest BCUT2D eigenvalue weighted by molar-refractivity contribution is -0.137. The van der Waals surface area contributed by atoms with Crippen molar-refractivity contribution in [3.05, 3.63) is 11.8 Å². The molecule has 3 heteroatoms. The molecule has 0 spiro atoms. The molecule has 58 valence electrons. The molecule has 0 rings (SSSR count). The highest BCUT2D eigenvalue weighted by Crippen LogP contribution is 1.99. The van der Waals surface area contributed by atoms with E-state index in [0.717, 1.165) is 0 Å². The van der Waals surface area contributed by atoms with Gasteiger partial charge in [-0.3, -0.25) is 0 Å². The van der Waals surface area contributed by atoms with Gasteiger partial charge in [0.1, 0.15) is 5.70 Å². The van der Waals surface area contributed by atoms with E-state index >= 15 is 0 Å². The molecule has 0 N–H and O–H groups in total. The maximum Gasteiger partial charge on any atom is 0.353 e. The Morgan fingerprint density at radius 1 is 1.50 bits per heavy atom. The number of carbonyl (C=O) groups excluding carboxylic acids is 1. The average Bonchev–Trinajstić information content (AvgIpc) is 1.88. The van der Waals surface area contributed by atoms with Crippen molar-refractivity contribution in [2.24, 2.45) is 0 Å². The molecule has 3 nitrogen and oxygen atoms in total. The van der Waals surface area contributed by atoms with Crippen molar-refractivity contribution in [2.75, 3.05) is 21.2 Å². The van der Waals surface area contributed by atoms with Crippen LogP contribution < -0.4 is 0 Å². The van der Waals surface area contributed by atoms with E-state index in [2.05, 4.69) is 4.74 Å². The normalized spacial score (nSPS) is 11.0. The highest BCUT2D eigenvalue weighted by atomic mass is 16.5. The molecule has 0 aromatic carbocycles. The Labute approximate surface area is 61.3 Å². The first-order valence-electron chi connectivity index (χ1n) is 3.05. The first-order chi connectivity index (χ1) is 4.63. The summed E-state index contributed by atoms with van der Waals surface area (Å²) in [5.41, 5.74) is 0.572. The van der Waals surface area contributed by atoms with Crippen molar-refractivity contribution >= 4 is 5.97 Å². The predicted molar refractivity (Wildman–Crippen MR) is 39.5 cm³/mol. The molecule has 0 radical (unpaired) electrons. The van der Waals surface area contributed by atoms with Gasteiger partial charge in [0.2, 0.25) is 0 Å². The summed E-state index contributed by atoms with van der Waals surface area (Å²) in [5, 5.41) is 0. The Balaban J connectivity index is 4.24. The van der Waals surface area contributed by atoms with Crippen LogP contribution in [-0.2, 0) is 9.53 Å². The van der Waals surface area contributed by atoms with E-state index in [4.69, 9.17) is 0 Å². The van der Waals surface area contributed by atoms with Crippen LogP contribution in [0.3, 0.4) is 0 Å². The Bertz CT molecular complexity index is 150. The molecular formula is C7H13NO2. The van der Waals surface area contributed by atoms with Crippen molar-refractivity contribution in [1.82, 2.24) is 4.90 Å². The molecule has 0 atom stereocenters. The van der Waals surface area contributed by atoms with E-state index in [-0.39, 0.29) is 5.97 Å². The van der Waals surface area contributed by atoms with Crippen LogP contribution in [-0.4, -0.2) is 32.1 Å². The standard InChI is InChI=1S/C7H13NO2/c1-5-6(8(2)3)7(9)10-4/h5H,1-4H3/b6-5-. The number of methoxy groups -OCH3 is 1. The van der Waals surface area contributed by atoms with Crippen molar-refractivity contribution in [1.29, 1.82) is 0 Å². The van der Waals surface area contributed by atoms with Crippen molar-refractivity contribution in [3.63, 3.8) is 0 Å². The van der Waals surface area contributed by atoms with Gasteiger partial charge in [-0.15, -0.1) is 0 Å². The smallest absolute Gasteiger partial charge is 0.353 e. The third kappa shape index (κ3) is 2.09. The van der Waals surface area contributed by atoms with E-state index in [9.17, 15) is 4.79 Å². The maximum atomic E-state index is 10.9. The highest BCUT2D eigenvalue weighted by Gasteiger charge is 2.08. The molecule has 0 amide bonds. The second-order valence-electron chi connectivity index (χ2n) is 2.06. The Morgan fingerprint density at radius 3 is 2.10 bits per heavy atom. The molecule has 0 aromatic rings. The number of rotatable bonds is 2. The molecule has 0 aliphatic rings. The summed E-state index contributed by atoms with van der Waals surface area (Å²) in [6.07, 6.45) is 1.71. The minimum Gasteiger partial charge on any atom is -0.464 e. The first-order valence-corrected chi connectivity index (χ1v) is 3.05. The number of allylic oxidation sites excluding steroid dienone is 1. The molecule has 0 bridgehead atoms. The lowest BCUT2D eigenvalue weighted by atomic mass is 10.4. The molecule has 0 unspecified atom stereocenters. The SMILES string of the molecule is C/C=C(/C(=O)OC)N(C)C. The van der Waals surface area contributed by atoms with Gasteiger partial charge in [0.15, 0.2) is 0 Å². The Kier molecular flexibility index (Phi) is 3.54. The second kappa shape index (κ2) is 3.93. The molecule has 0 aromatic heterocycles. The quantitative estimate of drug-likeness (QED) is 0.419. The zero-order chi connectivity index (χ0) is 8.15. The van der Waals surface area contributed by atoms with Crippen LogP contribution in [0.1, 0.15) is 6.92 Å². The van der Waals surface area contributed by atoms with Gasteiger partial charge in [-0.25, -0.2) is 4.79 Å². The monoisotopic (exact) mass is 143 g/mol. The fourth-order valence-corrected chi connectivity index (χ4v) is 0.663. The van der Waals surface area contributed by atoms with E-state index in [1.165, 1.54) is 7.11 Å². The average molecular weight is 143 g/mol. The van der Waals surface area contributed by atoms with Crippen LogP contribution >= 0.6 is 0 Å². The van der Waals surface area contributed by atoms with Crippen LogP contribution in [0.2, 0.25) is 0 Å². The van der Waals surface area contributed by atoms with E-state index in [0.29, 0.717) is 5.70 Å². The fraction of sp³-hybridized carbons (Fsp3) is 0.571. The minimum atomic E-state index is -0.299. The van der Waals surface area contributed by atoms with Gasteiger partial charge in [0, 0.05) is 14.1 Å². The van der Waals surface area contributed by atoms with E-state index in [1.807, 2.05) is 0 Å². The van der Waals surface area contributed by atoms with Gasteiger partial charge in [0.25, 0.3) is 0 Å². The summed E-state index contributed by atoms with van der Waals surface area (Å²) in [6, 6.07) is 0. The summed E-state index contributed by atoms with van der Waals surface area (Å²) >= 11 is 0. The summed E-state index contributed by atoms with van der Waals surface area (Å²) in [6.45, 7) is 1.80. The largest absolute Gasteiger partial charge is 0.464 e. The summed E-state index contributed by atoms with van der Waals surface area (Å²) < 4.78 is 4.52. The Hall–Kier alpha value is -0.990. The fourth-order valence-electron chi connectivity index (χ4n) is 0.663. The summed E-state index contributed by atoms with van der Waals surface area (Å²) in [5.74, 6) is -0.299. The molecule has 0 aliphatic heterocycles. The van der Waals surface area contributed by atoms with Crippen molar-refractivity contribution in [3.8, 4) is 0 Å². The number of carbonyl (C=O) groups is 1. The van der Waals surface area contributed by atoms with Gasteiger partial charge < -0.3 is 9.64 Å². The molecular weight excluding hydrogens is 130 g/mol. The van der Waals surface area contributed by atoms with E-state index < -0.39 is 0 Å². The molecule has 10 heavy (non-hydrogen) atoms. The summed E-state index contributed by atoms with van der Waals surface area (Å²) in [4.78, 5) is 12.6. The Morgan fingerprint density at radius 2 is 2.00 bits per heavy atom. The summed E-state index contributed by atoms with van der Waals surface area (Å²) in [7, 11) is 4.97. The first kappa shape index (κ1) is 9.01. The number of hydrogen-bond donors (Lipinski definition) is 0. The van der Waals surface area contributed by atoms with Crippen molar-refractivity contribution in [2.45, 2.75) is 6.92 Å². The second-order valence-corrected chi connectivity index (χ2v) is 2.06. The molecule has 0 fully saturated rings. The van der Waals surface area contributed by atoms with Crippen LogP contribution in [0, 0.1) is 0 Å². The predicted octanol–water partition coefficient (Wildman–Crippen LogP) is 0.625. The topological polar surface area (TPSA) is 29.5 Å². The van der Waals surface area contributed by atoms with Gasteiger partial charge in [-0.1, -0.05) is 6.08 Å². The lowest BCUT2D eigenvalue weighted by Crippen LogP contribution is -2.19. The number of esters is 1. The highest BCUT2D eigenvalue weighted by molar-refractivity contribution is 5.87. The van der Waals surface area contributed by atoms with Crippen LogP contribution in [0.5, 0.6) is 0 Å². The van der Waals surface area contributed by atoms with Gasteiger partial charge in [-0.2, -0.15) is 0 Å². The zero-order valence-electron chi connectivity index (χ0n) is 6.84.